The number of allylic oxidation sites excluding steroid dienone is 3. The average Bonchev–Trinajstić information content (AvgIpc) is 3.62. The van der Waals surface area contributed by atoms with Crippen LogP contribution >= 0.6 is 0 Å². The van der Waals surface area contributed by atoms with E-state index in [4.69, 9.17) is 0 Å². The zero-order chi connectivity index (χ0) is 31.2. The zero-order valence-corrected chi connectivity index (χ0v) is 28.7. The molecule has 0 amide bonds. The lowest BCUT2D eigenvalue weighted by atomic mass is 9.90. The summed E-state index contributed by atoms with van der Waals surface area (Å²) in [5.41, 5.74) is 6.00. The fourth-order valence-corrected chi connectivity index (χ4v) is 3.09. The summed E-state index contributed by atoms with van der Waals surface area (Å²) in [5, 5.41) is 0. The Kier molecular flexibility index (Phi) is 36.1. The van der Waals surface area contributed by atoms with Crippen molar-refractivity contribution in [2.24, 2.45) is 11.8 Å². The van der Waals surface area contributed by atoms with E-state index in [2.05, 4.69) is 100 Å². The van der Waals surface area contributed by atoms with Crippen molar-refractivity contribution in [2.45, 2.75) is 135 Å². The summed E-state index contributed by atoms with van der Waals surface area (Å²) < 4.78 is 13.4. The lowest BCUT2D eigenvalue weighted by Crippen LogP contribution is -1.93. The second kappa shape index (κ2) is 32.1. The van der Waals surface area contributed by atoms with Gasteiger partial charge in [-0.25, -0.2) is 4.39 Å². The molecule has 2 aromatic carbocycles. The molecule has 0 radical (unpaired) electrons. The Balaban J connectivity index is -0.000000263. The summed E-state index contributed by atoms with van der Waals surface area (Å²) in [5.74, 6) is 1.92. The first-order valence-corrected chi connectivity index (χ1v) is 15.8. The molecule has 1 heteroatoms. The molecule has 226 valence electrons. The molecule has 39 heavy (non-hydrogen) atoms. The molecule has 0 aromatic heterocycles. The fourth-order valence-electron chi connectivity index (χ4n) is 3.09. The molecule has 2 unspecified atom stereocenters. The minimum Gasteiger partial charge on any atom is -0.207 e. The van der Waals surface area contributed by atoms with Gasteiger partial charge in [-0.2, -0.15) is 0 Å². The normalized spacial score (nSPS) is 14.4. The van der Waals surface area contributed by atoms with Crippen LogP contribution in [0.2, 0.25) is 0 Å². The van der Waals surface area contributed by atoms with Crippen LogP contribution in [0.3, 0.4) is 0 Å². The highest BCUT2D eigenvalue weighted by Gasteiger charge is 2.26. The molecule has 0 bridgehead atoms. The molecule has 0 aliphatic heterocycles. The molecule has 0 spiro atoms. The third-order valence-electron chi connectivity index (χ3n) is 5.48. The van der Waals surface area contributed by atoms with Crippen LogP contribution in [0, 0.1) is 24.6 Å². The Morgan fingerprint density at radius 1 is 0.846 bits per heavy atom. The van der Waals surface area contributed by atoms with Crippen LogP contribution in [-0.2, 0) is 0 Å². The molecular formula is C38H67F. The SMILES string of the molecule is C=CCC.CC.CC.CC1CC1C.CCC.CCC.CCC/C(=C(/C)c1cccc(F)c1)c1ccccc1C. The molecule has 2 aromatic rings. The van der Waals surface area contributed by atoms with E-state index in [0.717, 1.165) is 36.7 Å². The van der Waals surface area contributed by atoms with E-state index in [1.807, 2.05) is 39.8 Å². The molecule has 2 atom stereocenters. The standard InChI is InChI=1S/C19H21F.C5H10.C4H8.2C3H8.2C2H6/c1-4-8-19(18-12-6-5-9-14(18)2)15(3)16-10-7-11-17(20)13-16;1-4-3-5(4)2;1-3-4-2;2*1-3-2;2*1-2/h5-7,9-13H,4,8H2,1-3H3;4-5H,3H2,1-2H3;3H,1,4H2,2H3;2*3H2,1-2H3;2*1-2H3/b19-15+;;;;;;. The highest BCUT2D eigenvalue weighted by atomic mass is 19.1. The van der Waals surface area contributed by atoms with Crippen LogP contribution in [0.1, 0.15) is 145 Å². The summed E-state index contributed by atoms with van der Waals surface area (Å²) in [6.45, 7) is 33.0. The van der Waals surface area contributed by atoms with E-state index in [1.165, 1.54) is 47.6 Å². The third kappa shape index (κ3) is 24.6. The minimum absolute atomic E-state index is 0.178. The van der Waals surface area contributed by atoms with Gasteiger partial charge in [0.15, 0.2) is 0 Å². The van der Waals surface area contributed by atoms with Crippen LogP contribution < -0.4 is 0 Å². The van der Waals surface area contributed by atoms with E-state index in [-0.39, 0.29) is 5.82 Å². The summed E-state index contributed by atoms with van der Waals surface area (Å²) in [6.07, 6.45) is 9.02. The quantitative estimate of drug-likeness (QED) is 0.260. The van der Waals surface area contributed by atoms with E-state index in [0.29, 0.717) is 0 Å². The van der Waals surface area contributed by atoms with Gasteiger partial charge in [-0.1, -0.05) is 145 Å². The molecule has 0 saturated heterocycles. The van der Waals surface area contributed by atoms with Crippen molar-refractivity contribution in [1.29, 1.82) is 0 Å². The van der Waals surface area contributed by atoms with Crippen molar-refractivity contribution in [3.05, 3.63) is 83.7 Å². The number of halogens is 1. The Morgan fingerprint density at radius 3 is 1.62 bits per heavy atom. The fraction of sp³-hybridized carbons (Fsp3) is 0.579. The first kappa shape index (κ1) is 43.9. The molecule has 0 heterocycles. The van der Waals surface area contributed by atoms with Crippen LogP contribution in [0.5, 0.6) is 0 Å². The van der Waals surface area contributed by atoms with Crippen molar-refractivity contribution in [3.63, 3.8) is 0 Å². The van der Waals surface area contributed by atoms with Gasteiger partial charge in [-0.3, -0.25) is 0 Å². The Morgan fingerprint density at radius 2 is 1.28 bits per heavy atom. The molecule has 1 saturated carbocycles. The summed E-state index contributed by atoms with van der Waals surface area (Å²) in [7, 11) is 0. The van der Waals surface area contributed by atoms with Gasteiger partial charge in [0, 0.05) is 0 Å². The van der Waals surface area contributed by atoms with Gasteiger partial charge in [0.1, 0.15) is 5.82 Å². The maximum Gasteiger partial charge on any atom is 0.123 e. The molecule has 1 aliphatic carbocycles. The molecule has 0 nitrogen and oxygen atoms in total. The second-order valence-corrected chi connectivity index (χ2v) is 9.48. The van der Waals surface area contributed by atoms with E-state index in [1.54, 1.807) is 12.1 Å². The molecule has 1 fully saturated rings. The summed E-state index contributed by atoms with van der Waals surface area (Å²) in [4.78, 5) is 0. The van der Waals surface area contributed by atoms with E-state index in [9.17, 15) is 4.39 Å². The highest BCUT2D eigenvalue weighted by molar-refractivity contribution is 5.90. The third-order valence-corrected chi connectivity index (χ3v) is 5.48. The van der Waals surface area contributed by atoms with Crippen molar-refractivity contribution >= 4 is 11.1 Å². The summed E-state index contributed by atoms with van der Waals surface area (Å²) >= 11 is 0. The van der Waals surface area contributed by atoms with Crippen LogP contribution in [-0.4, -0.2) is 0 Å². The predicted octanol–water partition coefficient (Wildman–Crippen LogP) is 14.0. The van der Waals surface area contributed by atoms with Crippen molar-refractivity contribution < 1.29 is 4.39 Å². The maximum atomic E-state index is 13.4. The number of hydrogen-bond donors (Lipinski definition) is 0. The monoisotopic (exact) mass is 543 g/mol. The van der Waals surface area contributed by atoms with Gasteiger partial charge < -0.3 is 0 Å². The Labute approximate surface area is 246 Å². The first-order valence-electron chi connectivity index (χ1n) is 15.8. The lowest BCUT2D eigenvalue weighted by molar-refractivity contribution is 0.627. The van der Waals surface area contributed by atoms with Crippen molar-refractivity contribution in [3.8, 4) is 0 Å². The van der Waals surface area contributed by atoms with Crippen LogP contribution in [0.4, 0.5) is 4.39 Å². The number of benzene rings is 2. The maximum absolute atomic E-state index is 13.4. The predicted molar refractivity (Wildman–Crippen MR) is 183 cm³/mol. The number of aryl methyl sites for hydroxylation is 1. The van der Waals surface area contributed by atoms with Gasteiger partial charge in [0.05, 0.1) is 0 Å². The highest BCUT2D eigenvalue weighted by Crippen LogP contribution is 2.36. The lowest BCUT2D eigenvalue weighted by Gasteiger charge is -2.15. The van der Waals surface area contributed by atoms with Gasteiger partial charge in [0.2, 0.25) is 0 Å². The van der Waals surface area contributed by atoms with Crippen molar-refractivity contribution in [2.75, 3.05) is 0 Å². The van der Waals surface area contributed by atoms with E-state index >= 15 is 0 Å². The van der Waals surface area contributed by atoms with E-state index < -0.39 is 0 Å². The van der Waals surface area contributed by atoms with Crippen LogP contribution in [0.25, 0.3) is 11.1 Å². The van der Waals surface area contributed by atoms with Gasteiger partial charge in [-0.15, -0.1) is 6.58 Å². The minimum atomic E-state index is -0.178. The van der Waals surface area contributed by atoms with Gasteiger partial charge >= 0.3 is 0 Å². The zero-order valence-electron chi connectivity index (χ0n) is 28.7. The van der Waals surface area contributed by atoms with Crippen molar-refractivity contribution in [1.82, 2.24) is 0 Å². The summed E-state index contributed by atoms with van der Waals surface area (Å²) in [6, 6.07) is 15.3. The topological polar surface area (TPSA) is 0 Å². The second-order valence-electron chi connectivity index (χ2n) is 9.48. The van der Waals surface area contributed by atoms with Gasteiger partial charge in [0.25, 0.3) is 0 Å². The number of rotatable bonds is 5. The molecule has 3 rings (SSSR count). The Hall–Kier alpha value is -2.15. The molecular weight excluding hydrogens is 475 g/mol. The average molecular weight is 543 g/mol. The number of hydrogen-bond acceptors (Lipinski definition) is 0. The van der Waals surface area contributed by atoms with Gasteiger partial charge in [-0.05, 0) is 84.9 Å². The molecule has 1 aliphatic rings. The smallest absolute Gasteiger partial charge is 0.123 e. The Bertz CT molecular complexity index is 807. The van der Waals surface area contributed by atoms with Crippen LogP contribution in [0.15, 0.2) is 61.2 Å². The first-order chi connectivity index (χ1) is 18.7. The molecule has 0 N–H and O–H groups in total. The largest absolute Gasteiger partial charge is 0.207 e.